The first-order valence-electron chi connectivity index (χ1n) is 10.5. The fourth-order valence-electron chi connectivity index (χ4n) is 4.45. The molecule has 158 valence electrons. The highest BCUT2D eigenvalue weighted by molar-refractivity contribution is 5.78. The Bertz CT molecular complexity index is 714. The van der Waals surface area contributed by atoms with E-state index in [0.717, 1.165) is 37.0 Å². The number of allylic oxidation sites excluding steroid dienone is 2. The summed E-state index contributed by atoms with van der Waals surface area (Å²) in [4.78, 5) is 22.9. The Morgan fingerprint density at radius 2 is 1.90 bits per heavy atom. The maximum absolute atomic E-state index is 12.4. The Balaban J connectivity index is 1.44. The molecule has 0 aromatic heterocycles. The average molecular weight is 402 g/mol. The molecule has 3 rings (SSSR count). The van der Waals surface area contributed by atoms with Crippen molar-refractivity contribution in [1.29, 1.82) is 0 Å². The van der Waals surface area contributed by atoms with Crippen LogP contribution in [-0.4, -0.2) is 42.8 Å². The number of unbranched alkanes of at least 4 members (excludes halogenated alkanes) is 1. The van der Waals surface area contributed by atoms with Crippen LogP contribution >= 0.6 is 0 Å². The molecule has 2 aliphatic rings. The SMILES string of the molecule is COc1ccc(CC(=O)NC[C@H]2[C@@H](CC=CCCCC(=O)O)[C@H]3CC[C@@H]2O3)cc1. The van der Waals surface area contributed by atoms with E-state index in [0.29, 0.717) is 31.2 Å². The first kappa shape index (κ1) is 21.4. The van der Waals surface area contributed by atoms with Gasteiger partial charge >= 0.3 is 5.97 Å². The molecular formula is C23H31NO5. The van der Waals surface area contributed by atoms with Gasteiger partial charge in [0.2, 0.25) is 5.91 Å². The summed E-state index contributed by atoms with van der Waals surface area (Å²) in [5.74, 6) is 0.835. The van der Waals surface area contributed by atoms with Gasteiger partial charge in [0.05, 0.1) is 25.7 Å². The van der Waals surface area contributed by atoms with Crippen molar-refractivity contribution in [1.82, 2.24) is 5.32 Å². The lowest BCUT2D eigenvalue weighted by molar-refractivity contribution is -0.137. The van der Waals surface area contributed by atoms with Gasteiger partial charge in [0.15, 0.2) is 0 Å². The van der Waals surface area contributed by atoms with Crippen LogP contribution < -0.4 is 10.1 Å². The second-order valence-corrected chi connectivity index (χ2v) is 7.94. The second kappa shape index (κ2) is 10.4. The molecule has 0 unspecified atom stereocenters. The van der Waals surface area contributed by atoms with Gasteiger partial charge in [0.25, 0.3) is 0 Å². The van der Waals surface area contributed by atoms with Crippen LogP contribution in [0.2, 0.25) is 0 Å². The van der Waals surface area contributed by atoms with Gasteiger partial charge < -0.3 is 19.9 Å². The van der Waals surface area contributed by atoms with Gasteiger partial charge in [0.1, 0.15) is 5.75 Å². The van der Waals surface area contributed by atoms with Crippen molar-refractivity contribution < 1.29 is 24.2 Å². The molecule has 0 radical (unpaired) electrons. The zero-order valence-electron chi connectivity index (χ0n) is 17.0. The molecule has 6 heteroatoms. The van der Waals surface area contributed by atoms with Crippen molar-refractivity contribution in [3.8, 4) is 5.75 Å². The van der Waals surface area contributed by atoms with Crippen LogP contribution in [0.4, 0.5) is 0 Å². The molecule has 0 aliphatic carbocycles. The average Bonchev–Trinajstić information content (AvgIpc) is 3.31. The fraction of sp³-hybridized carbons (Fsp3) is 0.565. The number of ether oxygens (including phenoxy) is 2. The number of amides is 1. The molecule has 2 bridgehead atoms. The third-order valence-corrected chi connectivity index (χ3v) is 5.99. The molecule has 1 amide bonds. The van der Waals surface area contributed by atoms with Crippen molar-refractivity contribution >= 4 is 11.9 Å². The number of aliphatic carboxylic acids is 1. The number of rotatable bonds is 11. The Morgan fingerprint density at radius 3 is 2.59 bits per heavy atom. The number of carboxylic acid groups (broad SMARTS) is 1. The quantitative estimate of drug-likeness (QED) is 0.439. The summed E-state index contributed by atoms with van der Waals surface area (Å²) in [5.41, 5.74) is 0.966. The summed E-state index contributed by atoms with van der Waals surface area (Å²) in [6.45, 7) is 0.647. The number of hydrogen-bond acceptors (Lipinski definition) is 4. The smallest absolute Gasteiger partial charge is 0.303 e. The lowest BCUT2D eigenvalue weighted by Crippen LogP contribution is -2.38. The molecule has 6 nitrogen and oxygen atoms in total. The number of fused-ring (bicyclic) bond motifs is 2. The largest absolute Gasteiger partial charge is 0.497 e. The van der Waals surface area contributed by atoms with Crippen LogP contribution in [-0.2, 0) is 20.7 Å². The van der Waals surface area contributed by atoms with Crippen molar-refractivity contribution in [2.24, 2.45) is 11.8 Å². The molecular weight excluding hydrogens is 370 g/mol. The molecule has 2 fully saturated rings. The van der Waals surface area contributed by atoms with Crippen molar-refractivity contribution in [2.75, 3.05) is 13.7 Å². The first-order chi connectivity index (χ1) is 14.1. The van der Waals surface area contributed by atoms with Gasteiger partial charge in [-0.3, -0.25) is 9.59 Å². The van der Waals surface area contributed by atoms with Crippen LogP contribution in [0.15, 0.2) is 36.4 Å². The number of methoxy groups -OCH3 is 1. The van der Waals surface area contributed by atoms with Crippen molar-refractivity contribution in [2.45, 2.75) is 57.2 Å². The third-order valence-electron chi connectivity index (χ3n) is 5.99. The highest BCUT2D eigenvalue weighted by Gasteiger charge is 2.47. The van der Waals surface area contributed by atoms with E-state index in [-0.39, 0.29) is 24.5 Å². The van der Waals surface area contributed by atoms with Gasteiger partial charge in [-0.25, -0.2) is 0 Å². The minimum atomic E-state index is -0.745. The number of carbonyl (C=O) groups excluding carboxylic acids is 1. The summed E-state index contributed by atoms with van der Waals surface area (Å²) < 4.78 is 11.3. The number of carbonyl (C=O) groups is 2. The van der Waals surface area contributed by atoms with Crippen LogP contribution in [0.3, 0.4) is 0 Å². The lowest BCUT2D eigenvalue weighted by atomic mass is 9.77. The van der Waals surface area contributed by atoms with Crippen molar-refractivity contribution in [3.63, 3.8) is 0 Å². The topological polar surface area (TPSA) is 84.9 Å². The van der Waals surface area contributed by atoms with Gasteiger partial charge in [-0.05, 0) is 55.7 Å². The molecule has 1 aromatic carbocycles. The number of benzene rings is 1. The van der Waals surface area contributed by atoms with E-state index >= 15 is 0 Å². The zero-order chi connectivity index (χ0) is 20.6. The third kappa shape index (κ3) is 6.07. The molecule has 1 aromatic rings. The van der Waals surface area contributed by atoms with E-state index in [1.807, 2.05) is 24.3 Å². The molecule has 2 saturated heterocycles. The van der Waals surface area contributed by atoms with E-state index < -0.39 is 5.97 Å². The number of carboxylic acids is 1. The van der Waals surface area contributed by atoms with E-state index in [1.165, 1.54) is 0 Å². The Labute approximate surface area is 172 Å². The van der Waals surface area contributed by atoms with E-state index in [9.17, 15) is 9.59 Å². The van der Waals surface area contributed by atoms with Crippen LogP contribution in [0.25, 0.3) is 0 Å². The van der Waals surface area contributed by atoms with E-state index in [4.69, 9.17) is 14.6 Å². The molecule has 2 N–H and O–H groups in total. The lowest BCUT2D eigenvalue weighted by Gasteiger charge is -2.27. The summed E-state index contributed by atoms with van der Waals surface area (Å²) >= 11 is 0. The van der Waals surface area contributed by atoms with Crippen LogP contribution in [0.5, 0.6) is 5.75 Å². The minimum Gasteiger partial charge on any atom is -0.497 e. The number of nitrogens with one attached hydrogen (secondary N) is 1. The normalized spacial score (nSPS) is 25.4. The molecule has 29 heavy (non-hydrogen) atoms. The Morgan fingerprint density at radius 1 is 1.17 bits per heavy atom. The number of hydrogen-bond donors (Lipinski definition) is 2. The zero-order valence-corrected chi connectivity index (χ0v) is 17.0. The molecule has 0 spiro atoms. The summed E-state index contributed by atoms with van der Waals surface area (Å²) in [7, 11) is 1.63. The van der Waals surface area contributed by atoms with Crippen LogP contribution in [0.1, 0.15) is 44.1 Å². The summed E-state index contributed by atoms with van der Waals surface area (Å²) in [5, 5.41) is 11.8. The van der Waals surface area contributed by atoms with Gasteiger partial charge in [-0.15, -0.1) is 0 Å². The molecule has 0 saturated carbocycles. The Hall–Kier alpha value is -2.34. The van der Waals surface area contributed by atoms with E-state index in [1.54, 1.807) is 7.11 Å². The van der Waals surface area contributed by atoms with Crippen LogP contribution in [0, 0.1) is 11.8 Å². The van der Waals surface area contributed by atoms with Gasteiger partial charge in [-0.2, -0.15) is 0 Å². The standard InChI is InChI=1S/C23H31NO5/c1-28-17-10-8-16(9-11-17)14-22(25)24-15-19-18(20-12-13-21(19)29-20)6-4-2-3-5-7-23(26)27/h2,4,8-11,18-21H,3,5-7,12-15H2,1H3,(H,24,25)(H,26,27)/t18-,19+,20-,21+/m1/s1. The minimum absolute atomic E-state index is 0.0286. The first-order valence-corrected chi connectivity index (χ1v) is 10.5. The maximum Gasteiger partial charge on any atom is 0.303 e. The predicted octanol–water partition coefficient (Wildman–Crippen LogP) is 3.35. The van der Waals surface area contributed by atoms with E-state index in [2.05, 4.69) is 17.5 Å². The summed E-state index contributed by atoms with van der Waals surface area (Å²) in [6, 6.07) is 7.56. The molecule has 2 heterocycles. The molecule has 4 atom stereocenters. The second-order valence-electron chi connectivity index (χ2n) is 7.94. The fourth-order valence-corrected chi connectivity index (χ4v) is 4.45. The maximum atomic E-state index is 12.4. The highest BCUT2D eigenvalue weighted by atomic mass is 16.5. The predicted molar refractivity (Wildman–Crippen MR) is 110 cm³/mol. The van der Waals surface area contributed by atoms with Gasteiger partial charge in [-0.1, -0.05) is 24.3 Å². The Kier molecular flexibility index (Phi) is 7.69. The summed E-state index contributed by atoms with van der Waals surface area (Å²) in [6.07, 6.45) is 9.88. The molecule has 2 aliphatic heterocycles. The van der Waals surface area contributed by atoms with Crippen molar-refractivity contribution in [3.05, 3.63) is 42.0 Å². The highest BCUT2D eigenvalue weighted by Crippen LogP contribution is 2.44. The van der Waals surface area contributed by atoms with Gasteiger partial charge in [0, 0.05) is 18.9 Å². The monoisotopic (exact) mass is 401 g/mol.